The highest BCUT2D eigenvalue weighted by Gasteiger charge is 2.15. The Bertz CT molecular complexity index is 330. The highest BCUT2D eigenvalue weighted by molar-refractivity contribution is 5.65. The number of nitrogens with zero attached hydrogens (tertiary/aromatic N) is 1. The van der Waals surface area contributed by atoms with Crippen molar-refractivity contribution in [2.24, 2.45) is 0 Å². The van der Waals surface area contributed by atoms with Gasteiger partial charge in [0.25, 0.3) is 0 Å². The Balaban J connectivity index is 2.35. The fourth-order valence-corrected chi connectivity index (χ4v) is 1.49. The summed E-state index contributed by atoms with van der Waals surface area (Å²) in [5.74, 6) is 0.223. The lowest BCUT2D eigenvalue weighted by atomic mass is 10.00. The first-order chi connectivity index (χ1) is 5.92. The Morgan fingerprint density at radius 3 is 3.33 bits per heavy atom. The van der Waals surface area contributed by atoms with Crippen LogP contribution in [0.1, 0.15) is 23.5 Å². The van der Waals surface area contributed by atoms with Gasteiger partial charge in [0, 0.05) is 24.7 Å². The third-order valence-corrected chi connectivity index (χ3v) is 2.10. The zero-order valence-corrected chi connectivity index (χ0v) is 6.53. The fraction of sp³-hybridized carbons (Fsp3) is 0.200. The van der Waals surface area contributed by atoms with Crippen molar-refractivity contribution >= 4 is 12.4 Å². The lowest BCUT2D eigenvalue weighted by Gasteiger charge is -2.04. The normalized spacial score (nSPS) is 19.2. The summed E-state index contributed by atoms with van der Waals surface area (Å²) in [6.45, 7) is 0. The molecule has 1 unspecified atom stereocenters. The van der Waals surface area contributed by atoms with Gasteiger partial charge in [0.1, 0.15) is 0 Å². The Morgan fingerprint density at radius 1 is 1.58 bits per heavy atom. The molecule has 2 heteroatoms. The summed E-state index contributed by atoms with van der Waals surface area (Å²) in [7, 11) is 0. The topological polar surface area (TPSA) is 30.0 Å². The first-order valence-corrected chi connectivity index (χ1v) is 3.89. The van der Waals surface area contributed by atoms with Crippen molar-refractivity contribution in [3.8, 4) is 0 Å². The molecule has 0 aliphatic heterocycles. The van der Waals surface area contributed by atoms with Gasteiger partial charge in [-0.15, -0.1) is 0 Å². The molecule has 0 bridgehead atoms. The molecular formula is C10H8NO. The number of carbonyl (C=O) groups excluding carboxylic acids is 1. The monoisotopic (exact) mass is 158 g/mol. The maximum absolute atomic E-state index is 10.2. The number of hydrogen-bond donors (Lipinski definition) is 0. The molecule has 0 aromatic carbocycles. The summed E-state index contributed by atoms with van der Waals surface area (Å²) < 4.78 is 0. The number of pyridine rings is 1. The molecule has 2 nitrogen and oxygen atoms in total. The van der Waals surface area contributed by atoms with E-state index in [1.54, 1.807) is 6.20 Å². The molecule has 1 radical (unpaired) electrons. The SMILES string of the molecule is O=[C]CC1C=Cc2cnccc21. The van der Waals surface area contributed by atoms with E-state index < -0.39 is 0 Å². The van der Waals surface area contributed by atoms with Crippen LogP contribution in [0.25, 0.3) is 6.08 Å². The van der Waals surface area contributed by atoms with Crippen molar-refractivity contribution in [2.45, 2.75) is 12.3 Å². The van der Waals surface area contributed by atoms with Gasteiger partial charge in [-0.25, -0.2) is 0 Å². The highest BCUT2D eigenvalue weighted by atomic mass is 16.1. The molecule has 1 atom stereocenters. The number of hydrogen-bond acceptors (Lipinski definition) is 2. The van der Waals surface area contributed by atoms with Gasteiger partial charge < -0.3 is 0 Å². The maximum Gasteiger partial charge on any atom is 0.199 e. The summed E-state index contributed by atoms with van der Waals surface area (Å²) in [5, 5.41) is 0. The molecule has 0 saturated carbocycles. The summed E-state index contributed by atoms with van der Waals surface area (Å²) in [4.78, 5) is 14.2. The van der Waals surface area contributed by atoms with Gasteiger partial charge in [0.15, 0.2) is 6.29 Å². The van der Waals surface area contributed by atoms with Crippen LogP contribution in [0, 0.1) is 0 Å². The van der Waals surface area contributed by atoms with E-state index in [0.29, 0.717) is 6.42 Å². The van der Waals surface area contributed by atoms with Crippen LogP contribution in [0.15, 0.2) is 24.5 Å². The van der Waals surface area contributed by atoms with E-state index in [2.05, 4.69) is 4.98 Å². The van der Waals surface area contributed by atoms with E-state index in [-0.39, 0.29) is 5.92 Å². The molecule has 1 heterocycles. The quantitative estimate of drug-likeness (QED) is 0.655. The zero-order chi connectivity index (χ0) is 8.39. The van der Waals surface area contributed by atoms with Gasteiger partial charge in [-0.2, -0.15) is 0 Å². The Hall–Kier alpha value is -1.44. The molecular weight excluding hydrogens is 150 g/mol. The fourth-order valence-electron chi connectivity index (χ4n) is 1.49. The van der Waals surface area contributed by atoms with Gasteiger partial charge in [-0.3, -0.25) is 9.78 Å². The molecule has 0 saturated heterocycles. The molecule has 1 aromatic rings. The number of rotatable bonds is 2. The highest BCUT2D eigenvalue weighted by Crippen LogP contribution is 2.30. The second-order valence-electron chi connectivity index (χ2n) is 2.82. The van der Waals surface area contributed by atoms with Crippen LogP contribution in [-0.4, -0.2) is 11.3 Å². The van der Waals surface area contributed by atoms with Crippen LogP contribution in [-0.2, 0) is 4.79 Å². The molecule has 1 aromatic heterocycles. The van der Waals surface area contributed by atoms with Crippen molar-refractivity contribution < 1.29 is 4.79 Å². The van der Waals surface area contributed by atoms with Gasteiger partial charge in [0.2, 0.25) is 0 Å². The first-order valence-electron chi connectivity index (χ1n) is 3.89. The molecule has 2 rings (SSSR count). The van der Waals surface area contributed by atoms with Crippen molar-refractivity contribution in [2.75, 3.05) is 0 Å². The first kappa shape index (κ1) is 7.22. The van der Waals surface area contributed by atoms with Crippen LogP contribution in [0.5, 0.6) is 0 Å². The molecule has 1 aliphatic carbocycles. The smallest absolute Gasteiger partial charge is 0.199 e. The standard InChI is InChI=1S/C10H8NO/c12-6-4-8-1-2-9-7-11-5-3-10(8)9/h1-3,5,7-8H,4H2. The Kier molecular flexibility index (Phi) is 1.74. The van der Waals surface area contributed by atoms with Crippen LogP contribution >= 0.6 is 0 Å². The number of allylic oxidation sites excluding steroid dienone is 1. The Morgan fingerprint density at radius 2 is 2.50 bits per heavy atom. The third kappa shape index (κ3) is 1.05. The lowest BCUT2D eigenvalue weighted by Crippen LogP contribution is -1.93. The maximum atomic E-state index is 10.2. The van der Waals surface area contributed by atoms with Crippen LogP contribution in [0.2, 0.25) is 0 Å². The minimum Gasteiger partial charge on any atom is -0.291 e. The van der Waals surface area contributed by atoms with Crippen LogP contribution < -0.4 is 0 Å². The van der Waals surface area contributed by atoms with E-state index >= 15 is 0 Å². The predicted molar refractivity (Wildman–Crippen MR) is 46.3 cm³/mol. The molecule has 0 N–H and O–H groups in total. The molecule has 1 aliphatic rings. The molecule has 0 amide bonds. The molecule has 0 spiro atoms. The molecule has 12 heavy (non-hydrogen) atoms. The third-order valence-electron chi connectivity index (χ3n) is 2.10. The van der Waals surface area contributed by atoms with Gasteiger partial charge in [-0.05, 0) is 17.2 Å². The largest absolute Gasteiger partial charge is 0.291 e. The van der Waals surface area contributed by atoms with Crippen LogP contribution in [0.4, 0.5) is 0 Å². The average Bonchev–Trinajstić information content (AvgIpc) is 2.50. The minimum atomic E-state index is 0.223. The van der Waals surface area contributed by atoms with Crippen molar-refractivity contribution in [1.29, 1.82) is 0 Å². The lowest BCUT2D eigenvalue weighted by molar-refractivity contribution is 0.548. The van der Waals surface area contributed by atoms with E-state index in [1.807, 2.05) is 30.7 Å². The van der Waals surface area contributed by atoms with Crippen LogP contribution in [0.3, 0.4) is 0 Å². The van der Waals surface area contributed by atoms with E-state index in [9.17, 15) is 4.79 Å². The summed E-state index contributed by atoms with van der Waals surface area (Å²) in [6.07, 6.45) is 9.98. The Labute approximate surface area is 70.9 Å². The second kappa shape index (κ2) is 2.89. The predicted octanol–water partition coefficient (Wildman–Crippen LogP) is 1.69. The zero-order valence-electron chi connectivity index (χ0n) is 6.53. The minimum absolute atomic E-state index is 0.223. The summed E-state index contributed by atoms with van der Waals surface area (Å²) >= 11 is 0. The van der Waals surface area contributed by atoms with Crippen molar-refractivity contribution in [3.05, 3.63) is 35.7 Å². The van der Waals surface area contributed by atoms with Crippen molar-refractivity contribution in [3.63, 3.8) is 0 Å². The van der Waals surface area contributed by atoms with Crippen molar-refractivity contribution in [1.82, 2.24) is 4.98 Å². The van der Waals surface area contributed by atoms with Gasteiger partial charge in [-0.1, -0.05) is 12.2 Å². The number of fused-ring (bicyclic) bond motifs is 1. The van der Waals surface area contributed by atoms with Gasteiger partial charge in [0.05, 0.1) is 0 Å². The second-order valence-corrected chi connectivity index (χ2v) is 2.82. The van der Waals surface area contributed by atoms with E-state index in [1.165, 1.54) is 5.56 Å². The number of aromatic nitrogens is 1. The average molecular weight is 158 g/mol. The molecule has 0 fully saturated rings. The molecule has 59 valence electrons. The van der Waals surface area contributed by atoms with Gasteiger partial charge >= 0.3 is 0 Å². The summed E-state index contributed by atoms with van der Waals surface area (Å²) in [5.41, 5.74) is 2.31. The van der Waals surface area contributed by atoms with E-state index in [4.69, 9.17) is 0 Å². The van der Waals surface area contributed by atoms with E-state index in [0.717, 1.165) is 5.56 Å². The summed E-state index contributed by atoms with van der Waals surface area (Å²) in [6, 6.07) is 1.96.